The standard InChI is InChI=1S/C18H26O2/c1-3-8-18(9-4-5-15-11-19-12-15)17-10-14(2)6-7-16(17)13-20-18/h6-7,10,15H,3-5,8-9,11-13H2,1-2H3. The number of benzene rings is 1. The molecule has 1 unspecified atom stereocenters. The Labute approximate surface area is 122 Å². The molecule has 2 heterocycles. The molecule has 0 spiro atoms. The summed E-state index contributed by atoms with van der Waals surface area (Å²) in [7, 11) is 0. The van der Waals surface area contributed by atoms with Crippen molar-refractivity contribution < 1.29 is 9.47 Å². The van der Waals surface area contributed by atoms with Gasteiger partial charge in [-0.05, 0) is 43.7 Å². The van der Waals surface area contributed by atoms with Crippen LogP contribution in [0.2, 0.25) is 0 Å². The Hall–Kier alpha value is -0.860. The Morgan fingerprint density at radius 1 is 1.25 bits per heavy atom. The Morgan fingerprint density at radius 2 is 2.10 bits per heavy atom. The maximum absolute atomic E-state index is 6.31. The Morgan fingerprint density at radius 3 is 2.80 bits per heavy atom. The minimum atomic E-state index is -0.0132. The molecule has 1 fully saturated rings. The van der Waals surface area contributed by atoms with E-state index in [0.29, 0.717) is 0 Å². The fraction of sp³-hybridized carbons (Fsp3) is 0.667. The first-order chi connectivity index (χ1) is 9.73. The summed E-state index contributed by atoms with van der Waals surface area (Å²) in [5.74, 6) is 0.798. The average molecular weight is 274 g/mol. The van der Waals surface area contributed by atoms with Crippen LogP contribution in [0.5, 0.6) is 0 Å². The molecule has 0 N–H and O–H groups in total. The molecule has 0 radical (unpaired) electrons. The molecule has 0 aliphatic carbocycles. The van der Waals surface area contributed by atoms with Crippen LogP contribution in [0.4, 0.5) is 0 Å². The number of rotatable bonds is 6. The van der Waals surface area contributed by atoms with Gasteiger partial charge in [0.2, 0.25) is 0 Å². The van der Waals surface area contributed by atoms with Gasteiger partial charge in [0.1, 0.15) is 0 Å². The molecule has 0 saturated carbocycles. The lowest BCUT2D eigenvalue weighted by molar-refractivity contribution is -0.0630. The van der Waals surface area contributed by atoms with Gasteiger partial charge in [0.05, 0.1) is 25.4 Å². The molecule has 2 aliphatic heterocycles. The van der Waals surface area contributed by atoms with E-state index in [1.807, 2.05) is 0 Å². The van der Waals surface area contributed by atoms with Crippen LogP contribution >= 0.6 is 0 Å². The van der Waals surface area contributed by atoms with Gasteiger partial charge >= 0.3 is 0 Å². The van der Waals surface area contributed by atoms with Crippen LogP contribution in [-0.4, -0.2) is 13.2 Å². The summed E-state index contributed by atoms with van der Waals surface area (Å²) < 4.78 is 11.6. The summed E-state index contributed by atoms with van der Waals surface area (Å²) in [6, 6.07) is 6.81. The number of ether oxygens (including phenoxy) is 2. The maximum Gasteiger partial charge on any atom is 0.0939 e. The van der Waals surface area contributed by atoms with E-state index < -0.39 is 0 Å². The van der Waals surface area contributed by atoms with Crippen LogP contribution in [0.15, 0.2) is 18.2 Å². The van der Waals surface area contributed by atoms with Crippen molar-refractivity contribution in [3.05, 3.63) is 34.9 Å². The topological polar surface area (TPSA) is 18.5 Å². The van der Waals surface area contributed by atoms with E-state index in [2.05, 4.69) is 32.0 Å². The van der Waals surface area contributed by atoms with Gasteiger partial charge in [0, 0.05) is 5.92 Å². The minimum Gasteiger partial charge on any atom is -0.381 e. The summed E-state index contributed by atoms with van der Waals surface area (Å²) in [6.45, 7) is 7.18. The van der Waals surface area contributed by atoms with Crippen LogP contribution in [-0.2, 0) is 21.7 Å². The summed E-state index contributed by atoms with van der Waals surface area (Å²) in [5, 5.41) is 0. The molecule has 20 heavy (non-hydrogen) atoms. The molecule has 2 nitrogen and oxygen atoms in total. The van der Waals surface area contributed by atoms with Crippen molar-refractivity contribution in [2.75, 3.05) is 13.2 Å². The summed E-state index contributed by atoms with van der Waals surface area (Å²) >= 11 is 0. The quantitative estimate of drug-likeness (QED) is 0.768. The highest BCUT2D eigenvalue weighted by Gasteiger charge is 2.39. The highest BCUT2D eigenvalue weighted by atomic mass is 16.5. The predicted molar refractivity (Wildman–Crippen MR) is 80.7 cm³/mol. The average Bonchev–Trinajstić information content (AvgIpc) is 2.72. The van der Waals surface area contributed by atoms with E-state index in [0.717, 1.165) is 38.6 Å². The van der Waals surface area contributed by atoms with E-state index in [1.165, 1.54) is 36.0 Å². The molecule has 1 saturated heterocycles. The zero-order valence-electron chi connectivity index (χ0n) is 12.8. The van der Waals surface area contributed by atoms with Crippen molar-refractivity contribution in [1.82, 2.24) is 0 Å². The van der Waals surface area contributed by atoms with Crippen LogP contribution in [0.1, 0.15) is 55.7 Å². The van der Waals surface area contributed by atoms with E-state index in [-0.39, 0.29) is 5.60 Å². The fourth-order valence-electron chi connectivity index (χ4n) is 3.60. The summed E-state index contributed by atoms with van der Waals surface area (Å²) in [6.07, 6.45) is 6.02. The van der Waals surface area contributed by atoms with Crippen LogP contribution in [0, 0.1) is 12.8 Å². The Kier molecular flexibility index (Phi) is 4.13. The van der Waals surface area contributed by atoms with Crippen LogP contribution < -0.4 is 0 Å². The third-order valence-corrected chi connectivity index (χ3v) is 4.81. The maximum atomic E-state index is 6.31. The third-order valence-electron chi connectivity index (χ3n) is 4.81. The summed E-state index contributed by atoms with van der Waals surface area (Å²) in [5.41, 5.74) is 4.20. The first-order valence-corrected chi connectivity index (χ1v) is 8.05. The monoisotopic (exact) mass is 274 g/mol. The molecule has 0 aromatic heterocycles. The molecule has 1 atom stereocenters. The minimum absolute atomic E-state index is 0.0132. The van der Waals surface area contributed by atoms with Gasteiger partial charge in [0.25, 0.3) is 0 Å². The molecule has 2 heteroatoms. The lowest BCUT2D eigenvalue weighted by Gasteiger charge is -2.32. The van der Waals surface area contributed by atoms with Crippen molar-refractivity contribution in [2.45, 2.75) is 58.2 Å². The van der Waals surface area contributed by atoms with Crippen molar-refractivity contribution in [3.8, 4) is 0 Å². The number of aryl methyl sites for hydroxylation is 1. The Bertz CT molecular complexity index is 460. The first kappa shape index (κ1) is 14.1. The van der Waals surface area contributed by atoms with Crippen molar-refractivity contribution >= 4 is 0 Å². The second-order valence-electron chi connectivity index (χ2n) is 6.49. The second-order valence-corrected chi connectivity index (χ2v) is 6.49. The van der Waals surface area contributed by atoms with E-state index >= 15 is 0 Å². The molecule has 1 aromatic rings. The SMILES string of the molecule is CCCC1(CCCC2COC2)OCc2ccc(C)cc21. The lowest BCUT2D eigenvalue weighted by Crippen LogP contribution is -2.29. The molecule has 0 bridgehead atoms. The largest absolute Gasteiger partial charge is 0.381 e. The highest BCUT2D eigenvalue weighted by Crippen LogP contribution is 2.44. The molecule has 2 aliphatic rings. The fourth-order valence-corrected chi connectivity index (χ4v) is 3.60. The van der Waals surface area contributed by atoms with Crippen molar-refractivity contribution in [1.29, 1.82) is 0 Å². The predicted octanol–water partition coefficient (Wildman–Crippen LogP) is 4.34. The molecule has 3 rings (SSSR count). The molecule has 1 aromatic carbocycles. The van der Waals surface area contributed by atoms with Gasteiger partial charge in [-0.15, -0.1) is 0 Å². The highest BCUT2D eigenvalue weighted by molar-refractivity contribution is 5.38. The van der Waals surface area contributed by atoms with Gasteiger partial charge in [-0.3, -0.25) is 0 Å². The molecular weight excluding hydrogens is 248 g/mol. The number of fused-ring (bicyclic) bond motifs is 1. The second kappa shape index (κ2) is 5.87. The number of hydrogen-bond donors (Lipinski definition) is 0. The lowest BCUT2D eigenvalue weighted by atomic mass is 9.82. The van der Waals surface area contributed by atoms with Gasteiger partial charge in [0.15, 0.2) is 0 Å². The number of hydrogen-bond acceptors (Lipinski definition) is 2. The van der Waals surface area contributed by atoms with Gasteiger partial charge in [-0.1, -0.05) is 37.1 Å². The first-order valence-electron chi connectivity index (χ1n) is 8.05. The van der Waals surface area contributed by atoms with Crippen molar-refractivity contribution in [2.24, 2.45) is 5.92 Å². The molecular formula is C18H26O2. The smallest absolute Gasteiger partial charge is 0.0939 e. The van der Waals surface area contributed by atoms with Gasteiger partial charge < -0.3 is 9.47 Å². The zero-order chi connectivity index (χ0) is 14.0. The summed E-state index contributed by atoms with van der Waals surface area (Å²) in [4.78, 5) is 0. The van der Waals surface area contributed by atoms with E-state index in [9.17, 15) is 0 Å². The molecule has 0 amide bonds. The van der Waals surface area contributed by atoms with Crippen LogP contribution in [0.25, 0.3) is 0 Å². The Balaban J connectivity index is 1.73. The third kappa shape index (κ3) is 2.64. The van der Waals surface area contributed by atoms with Gasteiger partial charge in [-0.25, -0.2) is 0 Å². The zero-order valence-corrected chi connectivity index (χ0v) is 12.8. The molecule has 110 valence electrons. The van der Waals surface area contributed by atoms with Crippen LogP contribution in [0.3, 0.4) is 0 Å². The normalized spacial score (nSPS) is 25.5. The van der Waals surface area contributed by atoms with E-state index in [4.69, 9.17) is 9.47 Å². The van der Waals surface area contributed by atoms with Crippen molar-refractivity contribution in [3.63, 3.8) is 0 Å². The van der Waals surface area contributed by atoms with E-state index in [1.54, 1.807) is 0 Å². The van der Waals surface area contributed by atoms with Gasteiger partial charge in [-0.2, -0.15) is 0 Å².